The Morgan fingerprint density at radius 1 is 0.828 bits per heavy atom. The van der Waals surface area contributed by atoms with Crippen LogP contribution in [0.3, 0.4) is 0 Å². The van der Waals surface area contributed by atoms with E-state index in [0.717, 1.165) is 4.31 Å². The third-order valence-corrected chi connectivity index (χ3v) is 6.76. The zero-order valence-corrected chi connectivity index (χ0v) is 17.2. The van der Waals surface area contributed by atoms with Crippen LogP contribution < -0.4 is 4.74 Å². The molecule has 0 aliphatic carbocycles. The van der Waals surface area contributed by atoms with Gasteiger partial charge >= 0.3 is 0 Å². The second-order valence-corrected chi connectivity index (χ2v) is 9.14. The fourth-order valence-electron chi connectivity index (χ4n) is 3.23. The summed E-state index contributed by atoms with van der Waals surface area (Å²) < 4.78 is 33.0. The van der Waals surface area contributed by atoms with Crippen molar-refractivity contribution in [1.29, 1.82) is 0 Å². The van der Waals surface area contributed by atoms with Gasteiger partial charge in [0.1, 0.15) is 11.8 Å². The minimum atomic E-state index is -4.08. The Kier molecular flexibility index (Phi) is 5.25. The second kappa shape index (κ2) is 7.71. The number of para-hydroxylation sites is 1. The van der Waals surface area contributed by atoms with Crippen molar-refractivity contribution in [2.45, 2.75) is 17.0 Å². The fourth-order valence-corrected chi connectivity index (χ4v) is 5.37. The molecular weight excluding hydrogens is 433 g/mol. The van der Waals surface area contributed by atoms with Crippen LogP contribution in [-0.2, 0) is 14.8 Å². The minimum Gasteiger partial charge on any atom is -0.478 e. The lowest BCUT2D eigenvalue weighted by molar-refractivity contribution is -0.153. The van der Waals surface area contributed by atoms with E-state index in [1.807, 2.05) is 6.07 Å². The van der Waals surface area contributed by atoms with Gasteiger partial charge < -0.3 is 4.74 Å². The number of β-lactam (4-membered cyclic amide) rings is 1. The van der Waals surface area contributed by atoms with Gasteiger partial charge in [-0.1, -0.05) is 59.6 Å². The van der Waals surface area contributed by atoms with E-state index < -0.39 is 28.1 Å². The smallest absolute Gasteiger partial charge is 0.280 e. The summed E-state index contributed by atoms with van der Waals surface area (Å²) in [4.78, 5) is 12.9. The maximum atomic E-state index is 13.2. The number of hydrogen-bond acceptors (Lipinski definition) is 4. The van der Waals surface area contributed by atoms with E-state index in [-0.39, 0.29) is 4.90 Å². The number of hydrogen-bond donors (Lipinski definition) is 0. The molecule has 8 heteroatoms. The van der Waals surface area contributed by atoms with Crippen LogP contribution in [0, 0.1) is 0 Å². The van der Waals surface area contributed by atoms with Gasteiger partial charge in [-0.3, -0.25) is 4.79 Å². The van der Waals surface area contributed by atoms with E-state index in [1.165, 1.54) is 18.2 Å². The lowest BCUT2D eigenvalue weighted by atomic mass is 9.93. The van der Waals surface area contributed by atoms with Gasteiger partial charge in [-0.2, -0.15) is 0 Å². The number of sulfonamides is 1. The highest BCUT2D eigenvalue weighted by Gasteiger charge is 2.56. The van der Waals surface area contributed by atoms with E-state index in [9.17, 15) is 13.2 Å². The predicted octanol–water partition coefficient (Wildman–Crippen LogP) is 4.71. The summed E-state index contributed by atoms with van der Waals surface area (Å²) >= 11 is 12.2. The molecule has 0 bridgehead atoms. The molecule has 3 aromatic rings. The Morgan fingerprint density at radius 2 is 1.38 bits per heavy atom. The van der Waals surface area contributed by atoms with Gasteiger partial charge in [0.25, 0.3) is 15.9 Å². The van der Waals surface area contributed by atoms with Gasteiger partial charge in [0, 0.05) is 10.0 Å². The van der Waals surface area contributed by atoms with Crippen LogP contribution in [0.4, 0.5) is 0 Å². The molecule has 148 valence electrons. The van der Waals surface area contributed by atoms with Crippen LogP contribution >= 0.6 is 23.2 Å². The summed E-state index contributed by atoms with van der Waals surface area (Å²) in [6.45, 7) is 0. The highest BCUT2D eigenvalue weighted by atomic mass is 35.5. The molecule has 1 aliphatic rings. The fraction of sp³-hybridized carbons (Fsp3) is 0.0952. The van der Waals surface area contributed by atoms with Crippen molar-refractivity contribution in [1.82, 2.24) is 4.31 Å². The average molecular weight is 448 g/mol. The molecule has 0 aromatic heterocycles. The standard InChI is InChI=1S/C21H15Cl2NO4S/c22-15-11-14(12-16(23)13-15)19-20(28-17-7-3-1-4-8-17)21(25)24(19)29(26,27)18-9-5-2-6-10-18/h1-13,19-20H/t19-,20+/m1/s1. The Morgan fingerprint density at radius 3 is 1.97 bits per heavy atom. The molecule has 0 unspecified atom stereocenters. The highest BCUT2D eigenvalue weighted by Crippen LogP contribution is 2.43. The average Bonchev–Trinajstić information content (AvgIpc) is 2.70. The monoisotopic (exact) mass is 447 g/mol. The van der Waals surface area contributed by atoms with E-state index in [4.69, 9.17) is 27.9 Å². The van der Waals surface area contributed by atoms with Crippen LogP contribution in [0.2, 0.25) is 10.0 Å². The van der Waals surface area contributed by atoms with Crippen molar-refractivity contribution >= 4 is 39.1 Å². The number of halogens is 2. The number of amides is 1. The minimum absolute atomic E-state index is 0.0182. The van der Waals surface area contributed by atoms with Gasteiger partial charge in [-0.05, 0) is 48.0 Å². The molecule has 5 nitrogen and oxygen atoms in total. The lowest BCUT2D eigenvalue weighted by Gasteiger charge is -2.45. The maximum Gasteiger partial charge on any atom is 0.280 e. The number of nitrogens with zero attached hydrogens (tertiary/aromatic N) is 1. The molecule has 3 aromatic carbocycles. The zero-order chi connectivity index (χ0) is 20.6. The van der Waals surface area contributed by atoms with Gasteiger partial charge in [0.05, 0.1) is 4.90 Å². The Labute approximate surface area is 178 Å². The second-order valence-electron chi connectivity index (χ2n) is 6.45. The molecule has 0 spiro atoms. The Balaban J connectivity index is 1.77. The molecule has 0 saturated carbocycles. The highest BCUT2D eigenvalue weighted by molar-refractivity contribution is 7.89. The summed E-state index contributed by atoms with van der Waals surface area (Å²) in [5, 5.41) is 0.671. The van der Waals surface area contributed by atoms with Crippen LogP contribution in [0.15, 0.2) is 83.8 Å². The van der Waals surface area contributed by atoms with Crippen LogP contribution in [0.5, 0.6) is 5.75 Å². The largest absolute Gasteiger partial charge is 0.478 e. The summed E-state index contributed by atoms with van der Waals surface area (Å²) in [7, 11) is -4.08. The third kappa shape index (κ3) is 3.71. The van der Waals surface area contributed by atoms with Gasteiger partial charge in [0.2, 0.25) is 6.10 Å². The van der Waals surface area contributed by atoms with Gasteiger partial charge in [-0.25, -0.2) is 12.7 Å². The molecule has 0 radical (unpaired) electrons. The van der Waals surface area contributed by atoms with Crippen LogP contribution in [0.1, 0.15) is 11.6 Å². The Bertz CT molecular complexity index is 1130. The van der Waals surface area contributed by atoms with Crippen molar-refractivity contribution in [2.75, 3.05) is 0 Å². The van der Waals surface area contributed by atoms with Crippen molar-refractivity contribution in [3.05, 3.63) is 94.5 Å². The first-order valence-electron chi connectivity index (χ1n) is 8.69. The summed E-state index contributed by atoms with van der Waals surface area (Å²) in [6, 6.07) is 20.3. The van der Waals surface area contributed by atoms with Crippen molar-refractivity contribution in [2.24, 2.45) is 0 Å². The number of ether oxygens (including phenoxy) is 1. The van der Waals surface area contributed by atoms with Crippen LogP contribution in [-0.4, -0.2) is 24.7 Å². The summed E-state index contributed by atoms with van der Waals surface area (Å²) in [6.07, 6.45) is -1.02. The number of rotatable bonds is 5. The molecule has 2 atom stereocenters. The number of carbonyl (C=O) groups excluding carboxylic acids is 1. The summed E-state index contributed by atoms with van der Waals surface area (Å²) in [5.41, 5.74) is 0.475. The molecule has 0 N–H and O–H groups in total. The van der Waals surface area contributed by atoms with E-state index in [1.54, 1.807) is 54.6 Å². The van der Waals surface area contributed by atoms with Gasteiger partial charge in [-0.15, -0.1) is 0 Å². The molecule has 1 fully saturated rings. The van der Waals surface area contributed by atoms with E-state index in [2.05, 4.69) is 0 Å². The zero-order valence-electron chi connectivity index (χ0n) is 14.9. The summed E-state index contributed by atoms with van der Waals surface area (Å²) in [5.74, 6) is -0.195. The van der Waals surface area contributed by atoms with Crippen molar-refractivity contribution in [3.63, 3.8) is 0 Å². The number of benzene rings is 3. The normalized spacial score (nSPS) is 19.0. The quantitative estimate of drug-likeness (QED) is 0.531. The first-order valence-corrected chi connectivity index (χ1v) is 10.9. The number of carbonyl (C=O) groups is 1. The first-order chi connectivity index (χ1) is 13.9. The maximum absolute atomic E-state index is 13.2. The Hall–Kier alpha value is -2.54. The van der Waals surface area contributed by atoms with E-state index >= 15 is 0 Å². The molecule has 1 amide bonds. The van der Waals surface area contributed by atoms with Crippen molar-refractivity contribution in [3.8, 4) is 5.75 Å². The topological polar surface area (TPSA) is 63.7 Å². The first kappa shape index (κ1) is 19.8. The predicted molar refractivity (Wildman–Crippen MR) is 111 cm³/mol. The molecule has 4 rings (SSSR count). The third-order valence-electron chi connectivity index (χ3n) is 4.53. The van der Waals surface area contributed by atoms with Crippen LogP contribution in [0.25, 0.3) is 0 Å². The lowest BCUT2D eigenvalue weighted by Crippen LogP contribution is -2.63. The molecule has 1 aliphatic heterocycles. The molecular formula is C21H15Cl2NO4S. The SMILES string of the molecule is O=C1[C@@H](Oc2ccccc2)[C@@H](c2cc(Cl)cc(Cl)c2)N1S(=O)(=O)c1ccccc1. The molecule has 1 heterocycles. The van der Waals surface area contributed by atoms with Gasteiger partial charge in [0.15, 0.2) is 0 Å². The molecule has 1 saturated heterocycles. The molecule has 29 heavy (non-hydrogen) atoms. The van der Waals surface area contributed by atoms with Crippen molar-refractivity contribution < 1.29 is 17.9 Å². The van der Waals surface area contributed by atoms with E-state index in [0.29, 0.717) is 21.4 Å².